The molecule has 0 aliphatic rings. The molecule has 2 N–H and O–H groups in total. The first-order valence-corrected chi connectivity index (χ1v) is 3.63. The van der Waals surface area contributed by atoms with Crippen LogP contribution in [0, 0.1) is 0 Å². The summed E-state index contributed by atoms with van der Waals surface area (Å²) >= 11 is 16.1. The summed E-state index contributed by atoms with van der Waals surface area (Å²) in [5, 5.41) is 8.36. The van der Waals surface area contributed by atoms with Crippen LogP contribution in [0.5, 0.6) is 5.75 Å². The lowest BCUT2D eigenvalue weighted by molar-refractivity contribution is 0.474. The highest BCUT2D eigenvalue weighted by Gasteiger charge is 2.11. The molecule has 60 valence electrons. The van der Waals surface area contributed by atoms with Gasteiger partial charge in [0.25, 0.3) is 5.56 Å². The molecular weight excluding hydrogens is 212 g/mol. The molecule has 1 heterocycles. The second kappa shape index (κ2) is 2.93. The molecule has 0 atom stereocenters. The summed E-state index contributed by atoms with van der Waals surface area (Å²) < 4.78 is 0. The lowest BCUT2D eigenvalue weighted by Crippen LogP contribution is -2.06. The van der Waals surface area contributed by atoms with Crippen LogP contribution in [0.15, 0.2) is 4.79 Å². The molecule has 0 unspecified atom stereocenters. The van der Waals surface area contributed by atoms with Crippen LogP contribution in [0.3, 0.4) is 0 Å². The van der Waals surface area contributed by atoms with E-state index < -0.39 is 11.3 Å². The summed E-state index contributed by atoms with van der Waals surface area (Å²) in [6, 6.07) is 0. The van der Waals surface area contributed by atoms with Gasteiger partial charge in [-0.15, -0.1) is 0 Å². The van der Waals surface area contributed by atoms with Crippen molar-refractivity contribution in [3.8, 4) is 5.75 Å². The van der Waals surface area contributed by atoms with E-state index in [1.807, 2.05) is 0 Å². The number of rotatable bonds is 0. The number of pyridine rings is 1. The predicted octanol–water partition coefficient (Wildman–Crippen LogP) is 2.04. The molecular formula is C5H2Cl3NO2. The Morgan fingerprint density at radius 1 is 1.18 bits per heavy atom. The second-order valence-corrected chi connectivity index (χ2v) is 2.88. The second-order valence-electron chi connectivity index (χ2n) is 1.74. The zero-order valence-electron chi connectivity index (χ0n) is 4.99. The van der Waals surface area contributed by atoms with E-state index >= 15 is 0 Å². The van der Waals surface area contributed by atoms with Gasteiger partial charge in [-0.25, -0.2) is 0 Å². The van der Waals surface area contributed by atoms with Crippen LogP contribution in [0.1, 0.15) is 0 Å². The Morgan fingerprint density at radius 3 is 2.27 bits per heavy atom. The van der Waals surface area contributed by atoms with Gasteiger partial charge in [-0.1, -0.05) is 34.8 Å². The van der Waals surface area contributed by atoms with Crippen molar-refractivity contribution in [2.45, 2.75) is 0 Å². The molecule has 0 aliphatic heterocycles. The number of halogens is 3. The molecule has 0 spiro atoms. The van der Waals surface area contributed by atoms with Gasteiger partial charge in [0, 0.05) is 0 Å². The molecule has 0 saturated carbocycles. The lowest BCUT2D eigenvalue weighted by atomic mass is 10.4. The minimum atomic E-state index is -0.668. The minimum Gasteiger partial charge on any atom is -0.505 e. The zero-order chi connectivity index (χ0) is 8.59. The van der Waals surface area contributed by atoms with Gasteiger partial charge in [0.1, 0.15) is 15.2 Å². The molecule has 1 aromatic heterocycles. The molecule has 3 nitrogen and oxygen atoms in total. The SMILES string of the molecule is O=c1[nH]c(Cl)c(Cl)c(O)c1Cl. The van der Waals surface area contributed by atoms with Crippen LogP contribution in [0.2, 0.25) is 15.2 Å². The van der Waals surface area contributed by atoms with Crippen LogP contribution >= 0.6 is 34.8 Å². The fourth-order valence-electron chi connectivity index (χ4n) is 0.517. The van der Waals surface area contributed by atoms with Crippen molar-refractivity contribution in [1.29, 1.82) is 0 Å². The first kappa shape index (κ1) is 8.71. The third kappa shape index (κ3) is 1.45. The number of hydrogen-bond acceptors (Lipinski definition) is 2. The number of nitrogens with one attached hydrogen (secondary N) is 1. The molecule has 0 saturated heterocycles. The number of aromatic nitrogens is 1. The summed E-state index contributed by atoms with van der Waals surface area (Å²) in [5.74, 6) is -0.498. The highest BCUT2D eigenvalue weighted by molar-refractivity contribution is 6.43. The van der Waals surface area contributed by atoms with Crippen molar-refractivity contribution in [2.24, 2.45) is 0 Å². The Hall–Kier alpha value is -0.380. The average Bonchev–Trinajstić information content (AvgIpc) is 1.97. The van der Waals surface area contributed by atoms with E-state index in [4.69, 9.17) is 39.9 Å². The standard InChI is InChI=1S/C5H2Cl3NO2/c6-1-3(10)2(7)5(11)9-4(1)8/h(H2,9,10,11). The van der Waals surface area contributed by atoms with E-state index in [0.717, 1.165) is 0 Å². The highest BCUT2D eigenvalue weighted by atomic mass is 35.5. The largest absolute Gasteiger partial charge is 0.505 e. The van der Waals surface area contributed by atoms with Gasteiger partial charge >= 0.3 is 0 Å². The van der Waals surface area contributed by atoms with E-state index in [1.165, 1.54) is 0 Å². The van der Waals surface area contributed by atoms with E-state index in [1.54, 1.807) is 0 Å². The third-order valence-electron chi connectivity index (χ3n) is 1.03. The molecule has 0 bridgehead atoms. The van der Waals surface area contributed by atoms with Gasteiger partial charge in [0.15, 0.2) is 5.75 Å². The number of aromatic hydroxyl groups is 1. The summed E-state index contributed by atoms with van der Waals surface area (Å²) in [4.78, 5) is 12.9. The summed E-state index contributed by atoms with van der Waals surface area (Å²) in [6.45, 7) is 0. The topological polar surface area (TPSA) is 53.1 Å². The lowest BCUT2D eigenvalue weighted by Gasteiger charge is -1.99. The van der Waals surface area contributed by atoms with Crippen molar-refractivity contribution in [3.05, 3.63) is 25.6 Å². The van der Waals surface area contributed by atoms with E-state index in [9.17, 15) is 4.79 Å². The monoisotopic (exact) mass is 213 g/mol. The van der Waals surface area contributed by atoms with Gasteiger partial charge in [-0.3, -0.25) is 4.79 Å². The van der Waals surface area contributed by atoms with Crippen molar-refractivity contribution in [1.82, 2.24) is 4.98 Å². The maximum absolute atomic E-state index is 10.7. The fourth-order valence-corrected chi connectivity index (χ4v) is 1.02. The molecule has 0 amide bonds. The van der Waals surface area contributed by atoms with Crippen molar-refractivity contribution < 1.29 is 5.11 Å². The van der Waals surface area contributed by atoms with Crippen LogP contribution in [0.25, 0.3) is 0 Å². The van der Waals surface area contributed by atoms with E-state index in [0.29, 0.717) is 0 Å². The van der Waals surface area contributed by atoms with Crippen molar-refractivity contribution in [2.75, 3.05) is 0 Å². The molecule has 1 aromatic rings. The van der Waals surface area contributed by atoms with Crippen LogP contribution in [-0.2, 0) is 0 Å². The smallest absolute Gasteiger partial charge is 0.271 e. The Kier molecular flexibility index (Phi) is 2.32. The number of H-pyrrole nitrogens is 1. The van der Waals surface area contributed by atoms with Gasteiger partial charge in [-0.2, -0.15) is 0 Å². The molecule has 0 aliphatic carbocycles. The summed E-state index contributed by atoms with van der Waals surface area (Å²) in [6.07, 6.45) is 0. The first-order chi connectivity index (χ1) is 5.04. The molecule has 0 aromatic carbocycles. The van der Waals surface area contributed by atoms with Crippen LogP contribution in [-0.4, -0.2) is 10.1 Å². The van der Waals surface area contributed by atoms with Gasteiger partial charge in [-0.05, 0) is 0 Å². The van der Waals surface area contributed by atoms with Crippen molar-refractivity contribution >= 4 is 34.8 Å². The molecule has 6 heteroatoms. The fraction of sp³-hybridized carbons (Fsp3) is 0. The maximum Gasteiger partial charge on any atom is 0.271 e. The third-order valence-corrected chi connectivity index (χ3v) is 2.13. The van der Waals surface area contributed by atoms with Gasteiger partial charge < -0.3 is 10.1 Å². The average molecular weight is 214 g/mol. The van der Waals surface area contributed by atoms with Gasteiger partial charge in [0.05, 0.1) is 0 Å². The first-order valence-electron chi connectivity index (χ1n) is 2.49. The Balaban J connectivity index is 3.59. The minimum absolute atomic E-state index is 0.126. The molecule has 0 radical (unpaired) electrons. The summed E-state index contributed by atoms with van der Waals surface area (Å²) in [7, 11) is 0. The Bertz CT molecular complexity index is 346. The van der Waals surface area contributed by atoms with E-state index in [-0.39, 0.29) is 15.2 Å². The summed E-state index contributed by atoms with van der Waals surface area (Å²) in [5.41, 5.74) is -0.668. The quantitative estimate of drug-likeness (QED) is 0.649. The number of aromatic amines is 1. The molecule has 11 heavy (non-hydrogen) atoms. The Morgan fingerprint density at radius 2 is 1.73 bits per heavy atom. The maximum atomic E-state index is 10.7. The molecule has 0 fully saturated rings. The number of hydrogen-bond donors (Lipinski definition) is 2. The van der Waals surface area contributed by atoms with Crippen LogP contribution in [0.4, 0.5) is 0 Å². The van der Waals surface area contributed by atoms with Gasteiger partial charge in [0.2, 0.25) is 0 Å². The van der Waals surface area contributed by atoms with E-state index in [2.05, 4.69) is 4.98 Å². The normalized spacial score (nSPS) is 10.1. The predicted molar refractivity (Wildman–Crippen MR) is 43.8 cm³/mol. The zero-order valence-corrected chi connectivity index (χ0v) is 7.26. The van der Waals surface area contributed by atoms with Crippen LogP contribution < -0.4 is 5.56 Å². The van der Waals surface area contributed by atoms with Crippen molar-refractivity contribution in [3.63, 3.8) is 0 Å². The molecule has 1 rings (SSSR count). The Labute approximate surface area is 76.5 Å². The highest BCUT2D eigenvalue weighted by Crippen LogP contribution is 2.32.